The monoisotopic (exact) mass is 481 g/mol. The molecule has 190 valence electrons. The number of hydrogen-bond acceptors (Lipinski definition) is 5. The summed E-state index contributed by atoms with van der Waals surface area (Å²) < 4.78 is 10.9. The van der Waals surface area contributed by atoms with Crippen LogP contribution in [-0.4, -0.2) is 47.4 Å². The van der Waals surface area contributed by atoms with Crippen molar-refractivity contribution in [1.29, 1.82) is 0 Å². The number of hydrogen-bond donors (Lipinski definition) is 2. The van der Waals surface area contributed by atoms with Crippen LogP contribution in [0.2, 0.25) is 0 Å². The number of amides is 2. The van der Waals surface area contributed by atoms with Crippen LogP contribution in [0.3, 0.4) is 0 Å². The number of benzene rings is 2. The van der Waals surface area contributed by atoms with Gasteiger partial charge in [0.2, 0.25) is 0 Å². The van der Waals surface area contributed by atoms with Crippen LogP contribution < -0.4 is 10.6 Å². The maximum atomic E-state index is 12.6. The third kappa shape index (κ3) is 8.91. The van der Waals surface area contributed by atoms with Gasteiger partial charge < -0.3 is 20.1 Å². The van der Waals surface area contributed by atoms with E-state index in [1.807, 2.05) is 71.9 Å². The third-order valence-corrected chi connectivity index (χ3v) is 5.56. The zero-order valence-electron chi connectivity index (χ0n) is 21.8. The van der Waals surface area contributed by atoms with Crippen LogP contribution in [0.1, 0.15) is 64.2 Å². The van der Waals surface area contributed by atoms with Crippen molar-refractivity contribution in [3.63, 3.8) is 0 Å². The summed E-state index contributed by atoms with van der Waals surface area (Å²) in [6.45, 7) is 13.8. The molecule has 2 aromatic carbocycles. The molecular weight excluding hydrogens is 442 g/mol. The smallest absolute Gasteiger partial charge is 0.407 e. The Kier molecular flexibility index (Phi) is 8.43. The maximum Gasteiger partial charge on any atom is 0.407 e. The van der Waals surface area contributed by atoms with E-state index in [9.17, 15) is 9.59 Å². The zero-order chi connectivity index (χ0) is 25.6. The lowest BCUT2D eigenvalue weighted by atomic mass is 9.93. The molecule has 35 heavy (non-hydrogen) atoms. The lowest BCUT2D eigenvalue weighted by molar-refractivity contribution is 0.0496. The topological polar surface area (TPSA) is 79.9 Å². The van der Waals surface area contributed by atoms with Gasteiger partial charge in [0, 0.05) is 32.1 Å². The quantitative estimate of drug-likeness (QED) is 0.593. The summed E-state index contributed by atoms with van der Waals surface area (Å²) in [5.41, 5.74) is 2.23. The average Bonchev–Trinajstić information content (AvgIpc) is 3.12. The van der Waals surface area contributed by atoms with E-state index in [0.717, 1.165) is 30.8 Å². The molecule has 1 aliphatic rings. The molecule has 2 amide bonds. The number of likely N-dealkylation sites (tertiary alicyclic amines) is 1. The summed E-state index contributed by atoms with van der Waals surface area (Å²) in [5, 5.41) is 5.93. The molecule has 0 saturated carbocycles. The highest BCUT2D eigenvalue weighted by atomic mass is 16.6. The second-order valence-electron chi connectivity index (χ2n) is 11.1. The molecule has 1 saturated heterocycles. The van der Waals surface area contributed by atoms with Gasteiger partial charge in [-0.2, -0.15) is 0 Å². The Labute approximate surface area is 209 Å². The number of nitrogens with one attached hydrogen (secondary N) is 2. The van der Waals surface area contributed by atoms with Crippen LogP contribution in [0.5, 0.6) is 0 Å². The van der Waals surface area contributed by atoms with Gasteiger partial charge >= 0.3 is 12.2 Å². The van der Waals surface area contributed by atoms with Crippen LogP contribution in [-0.2, 0) is 22.6 Å². The van der Waals surface area contributed by atoms with Gasteiger partial charge in [0.05, 0.1) is 6.04 Å². The van der Waals surface area contributed by atoms with Crippen molar-refractivity contribution in [2.75, 3.05) is 13.1 Å². The molecule has 1 heterocycles. The lowest BCUT2D eigenvalue weighted by Crippen LogP contribution is -2.42. The van der Waals surface area contributed by atoms with Gasteiger partial charge in [-0.3, -0.25) is 4.90 Å². The Morgan fingerprint density at radius 1 is 0.857 bits per heavy atom. The summed E-state index contributed by atoms with van der Waals surface area (Å²) in [5.74, 6) is 0.0905. The summed E-state index contributed by atoms with van der Waals surface area (Å²) in [6, 6.07) is 18.4. The Morgan fingerprint density at radius 2 is 1.49 bits per heavy atom. The molecule has 0 spiro atoms. The van der Waals surface area contributed by atoms with E-state index in [0.29, 0.717) is 6.54 Å². The number of carbonyl (C=O) groups excluding carboxylic acids is 2. The van der Waals surface area contributed by atoms with Gasteiger partial charge in [-0.05, 0) is 58.2 Å². The fraction of sp³-hybridized carbons (Fsp3) is 0.500. The van der Waals surface area contributed by atoms with E-state index in [4.69, 9.17) is 9.47 Å². The molecule has 7 heteroatoms. The number of alkyl carbamates (subject to hydrolysis) is 2. The van der Waals surface area contributed by atoms with E-state index < -0.39 is 23.4 Å². The maximum absolute atomic E-state index is 12.6. The Morgan fingerprint density at radius 3 is 2.14 bits per heavy atom. The third-order valence-electron chi connectivity index (χ3n) is 5.56. The predicted octanol–water partition coefficient (Wildman–Crippen LogP) is 5.20. The molecule has 0 aliphatic carbocycles. The van der Waals surface area contributed by atoms with Crippen LogP contribution in [0.25, 0.3) is 0 Å². The Hall–Kier alpha value is -3.06. The SMILES string of the molecule is CC(C)(C)OC(=O)NCc1cccc([C@H]2CN(Cc3ccccc3)C[C@@H]2NC(=O)OC(C)(C)C)c1. The number of carbonyl (C=O) groups is 2. The van der Waals surface area contributed by atoms with E-state index in [2.05, 4.69) is 39.8 Å². The minimum atomic E-state index is -0.560. The van der Waals surface area contributed by atoms with Gasteiger partial charge in [-0.25, -0.2) is 9.59 Å². The van der Waals surface area contributed by atoms with Crippen molar-refractivity contribution >= 4 is 12.2 Å². The largest absolute Gasteiger partial charge is 0.444 e. The highest BCUT2D eigenvalue weighted by Gasteiger charge is 2.36. The van der Waals surface area contributed by atoms with Crippen LogP contribution in [0, 0.1) is 0 Å². The van der Waals surface area contributed by atoms with Crippen molar-refractivity contribution in [3.8, 4) is 0 Å². The van der Waals surface area contributed by atoms with Gasteiger partial charge in [-0.15, -0.1) is 0 Å². The standard InChI is InChI=1S/C28H39N3O4/c1-27(2,3)34-25(32)29-16-21-13-10-14-22(15-21)23-18-31(17-20-11-8-7-9-12-20)19-24(23)30-26(33)35-28(4,5)6/h7-15,23-24H,16-19H2,1-6H3,(H,29,32)(H,30,33)/t23-,24+/m1/s1. The highest BCUT2D eigenvalue weighted by Crippen LogP contribution is 2.30. The first-order valence-electron chi connectivity index (χ1n) is 12.2. The highest BCUT2D eigenvalue weighted by molar-refractivity contribution is 5.68. The summed E-state index contributed by atoms with van der Waals surface area (Å²) >= 11 is 0. The van der Waals surface area contributed by atoms with Crippen LogP contribution in [0.15, 0.2) is 54.6 Å². The first-order chi connectivity index (χ1) is 16.4. The summed E-state index contributed by atoms with van der Waals surface area (Å²) in [4.78, 5) is 27.0. The molecule has 2 N–H and O–H groups in total. The molecule has 1 fully saturated rings. The predicted molar refractivity (Wildman–Crippen MR) is 137 cm³/mol. The molecular formula is C28H39N3O4. The average molecular weight is 482 g/mol. The molecule has 0 unspecified atom stereocenters. The lowest BCUT2D eigenvalue weighted by Gasteiger charge is -2.24. The molecule has 3 rings (SSSR count). The minimum absolute atomic E-state index is 0.0905. The molecule has 0 radical (unpaired) electrons. The van der Waals surface area contributed by atoms with E-state index >= 15 is 0 Å². The normalized spacial score (nSPS) is 18.7. The van der Waals surface area contributed by atoms with Crippen molar-refractivity contribution in [3.05, 3.63) is 71.3 Å². The van der Waals surface area contributed by atoms with Gasteiger partial charge in [0.25, 0.3) is 0 Å². The molecule has 7 nitrogen and oxygen atoms in total. The fourth-order valence-electron chi connectivity index (χ4n) is 4.22. The molecule has 1 aliphatic heterocycles. The number of ether oxygens (including phenoxy) is 2. The van der Waals surface area contributed by atoms with Crippen LogP contribution >= 0.6 is 0 Å². The zero-order valence-corrected chi connectivity index (χ0v) is 21.8. The Bertz CT molecular complexity index is 995. The van der Waals surface area contributed by atoms with Crippen molar-refractivity contribution in [2.24, 2.45) is 0 Å². The van der Waals surface area contributed by atoms with Crippen LogP contribution in [0.4, 0.5) is 9.59 Å². The van der Waals surface area contributed by atoms with Crippen molar-refractivity contribution in [2.45, 2.75) is 77.8 Å². The second kappa shape index (κ2) is 11.1. The number of rotatable bonds is 6. The first kappa shape index (κ1) is 26.5. The molecule has 0 aromatic heterocycles. The fourth-order valence-corrected chi connectivity index (χ4v) is 4.22. The minimum Gasteiger partial charge on any atom is -0.444 e. The van der Waals surface area contributed by atoms with E-state index in [1.165, 1.54) is 5.56 Å². The van der Waals surface area contributed by atoms with E-state index in [-0.39, 0.29) is 12.0 Å². The van der Waals surface area contributed by atoms with Crippen molar-refractivity contribution < 1.29 is 19.1 Å². The van der Waals surface area contributed by atoms with Gasteiger partial charge in [0.15, 0.2) is 0 Å². The molecule has 2 aromatic rings. The second-order valence-corrected chi connectivity index (χ2v) is 11.1. The number of nitrogens with zero attached hydrogens (tertiary/aromatic N) is 1. The van der Waals surface area contributed by atoms with Crippen molar-refractivity contribution in [1.82, 2.24) is 15.5 Å². The van der Waals surface area contributed by atoms with Gasteiger partial charge in [0.1, 0.15) is 11.2 Å². The van der Waals surface area contributed by atoms with Gasteiger partial charge in [-0.1, -0.05) is 54.6 Å². The molecule has 2 atom stereocenters. The summed E-state index contributed by atoms with van der Waals surface area (Å²) in [7, 11) is 0. The molecule has 0 bridgehead atoms. The van der Waals surface area contributed by atoms with E-state index in [1.54, 1.807) is 0 Å². The summed E-state index contributed by atoms with van der Waals surface area (Å²) in [6.07, 6.45) is -0.848. The first-order valence-corrected chi connectivity index (χ1v) is 12.2. The Balaban J connectivity index is 1.73.